The van der Waals surface area contributed by atoms with Crippen LogP contribution in [0.4, 0.5) is 11.6 Å². The molecule has 2 aliphatic carbocycles. The van der Waals surface area contributed by atoms with Gasteiger partial charge < -0.3 is 14.8 Å². The summed E-state index contributed by atoms with van der Waals surface area (Å²) in [6, 6.07) is 12.2. The van der Waals surface area contributed by atoms with Crippen LogP contribution in [0, 0.1) is 11.3 Å². The zero-order valence-electron chi connectivity index (χ0n) is 20.9. The molecule has 1 aromatic carbocycles. The van der Waals surface area contributed by atoms with Gasteiger partial charge in [0.1, 0.15) is 17.3 Å². The second-order valence-electron chi connectivity index (χ2n) is 10.5. The van der Waals surface area contributed by atoms with Crippen molar-refractivity contribution in [1.82, 2.24) is 24.0 Å². The Bertz CT molecular complexity index is 1550. The summed E-state index contributed by atoms with van der Waals surface area (Å²) in [5.41, 5.74) is 2.96. The summed E-state index contributed by atoms with van der Waals surface area (Å²) in [4.78, 5) is 24.6. The van der Waals surface area contributed by atoms with E-state index in [1.54, 1.807) is 16.8 Å². The second kappa shape index (κ2) is 8.75. The molecule has 8 heteroatoms. The number of anilines is 2. The second-order valence-corrected chi connectivity index (χ2v) is 10.5. The zero-order valence-corrected chi connectivity index (χ0v) is 20.9. The van der Waals surface area contributed by atoms with E-state index in [0.717, 1.165) is 49.7 Å². The number of aromatic nitrogens is 4. The van der Waals surface area contributed by atoms with Gasteiger partial charge in [-0.3, -0.25) is 9.36 Å². The minimum Gasteiger partial charge on any atom is -0.347 e. The van der Waals surface area contributed by atoms with Crippen molar-refractivity contribution in [3.63, 3.8) is 0 Å². The topological polar surface area (TPSA) is 91.8 Å². The Labute approximate surface area is 210 Å². The fourth-order valence-corrected chi connectivity index (χ4v) is 5.76. The molecule has 0 bridgehead atoms. The first-order valence-electron chi connectivity index (χ1n) is 12.8. The lowest BCUT2D eigenvalue weighted by molar-refractivity contribution is 0.247. The standard InChI is InChI=1S/C28H31N7O/c1-33(2)28(10-11-28)12-14-34-13-9-19-16-22(7-8-24(19)34)31-27-30-18-21-15-20(17-29)26(36)35(25(21)32-27)23-5-3-4-6-23/h7-9,13,15-16,18,23H,3-6,10-12,14H2,1-2H3,(H,30,31,32). The van der Waals surface area contributed by atoms with E-state index in [1.165, 1.54) is 18.4 Å². The molecule has 8 nitrogen and oxygen atoms in total. The maximum Gasteiger partial charge on any atom is 0.270 e. The number of aryl methyl sites for hydroxylation is 1. The van der Waals surface area contributed by atoms with Crippen molar-refractivity contribution >= 4 is 33.6 Å². The summed E-state index contributed by atoms with van der Waals surface area (Å²) in [7, 11) is 4.37. The minimum absolute atomic E-state index is 0.0782. The van der Waals surface area contributed by atoms with Gasteiger partial charge in [0.15, 0.2) is 0 Å². The largest absolute Gasteiger partial charge is 0.347 e. The Morgan fingerprint density at radius 3 is 2.69 bits per heavy atom. The molecule has 3 heterocycles. The van der Waals surface area contributed by atoms with Crippen LogP contribution >= 0.6 is 0 Å². The van der Waals surface area contributed by atoms with Crippen LogP contribution in [0.25, 0.3) is 21.9 Å². The smallest absolute Gasteiger partial charge is 0.270 e. The highest BCUT2D eigenvalue weighted by atomic mass is 16.1. The molecule has 1 N–H and O–H groups in total. The van der Waals surface area contributed by atoms with Crippen molar-refractivity contribution in [2.45, 2.75) is 63.1 Å². The lowest BCUT2D eigenvalue weighted by Crippen LogP contribution is -2.31. The molecule has 2 aliphatic rings. The van der Waals surface area contributed by atoms with Crippen molar-refractivity contribution in [2.75, 3.05) is 19.4 Å². The van der Waals surface area contributed by atoms with E-state index < -0.39 is 0 Å². The lowest BCUT2D eigenvalue weighted by atomic mass is 10.1. The molecule has 0 atom stereocenters. The van der Waals surface area contributed by atoms with Crippen molar-refractivity contribution < 1.29 is 0 Å². The number of nitriles is 1. The van der Waals surface area contributed by atoms with Gasteiger partial charge in [0.2, 0.25) is 5.95 Å². The molecule has 0 spiro atoms. The fraction of sp³-hybridized carbons (Fsp3) is 0.429. The summed E-state index contributed by atoms with van der Waals surface area (Å²) >= 11 is 0. The van der Waals surface area contributed by atoms with Gasteiger partial charge in [-0.25, -0.2) is 4.98 Å². The number of benzene rings is 1. The van der Waals surface area contributed by atoms with Crippen molar-refractivity contribution in [3.05, 3.63) is 58.6 Å². The average molecular weight is 482 g/mol. The molecule has 0 unspecified atom stereocenters. The van der Waals surface area contributed by atoms with E-state index in [0.29, 0.717) is 22.5 Å². The molecule has 0 radical (unpaired) electrons. The number of nitrogens with one attached hydrogen (secondary N) is 1. The van der Waals surface area contributed by atoms with E-state index in [1.807, 2.05) is 12.1 Å². The molecule has 2 saturated carbocycles. The molecule has 3 aromatic heterocycles. The highest BCUT2D eigenvalue weighted by Gasteiger charge is 2.44. The quantitative estimate of drug-likeness (QED) is 0.401. The van der Waals surface area contributed by atoms with E-state index in [2.05, 4.69) is 58.3 Å². The van der Waals surface area contributed by atoms with Gasteiger partial charge in [0.25, 0.3) is 5.56 Å². The van der Waals surface area contributed by atoms with Gasteiger partial charge in [-0.2, -0.15) is 10.2 Å². The Balaban J connectivity index is 1.28. The number of pyridine rings is 1. The Hall–Kier alpha value is -3.70. The normalized spacial score (nSPS) is 17.2. The molecule has 6 rings (SSSR count). The minimum atomic E-state index is -0.258. The first-order chi connectivity index (χ1) is 17.5. The van der Waals surface area contributed by atoms with E-state index in [-0.39, 0.29) is 17.2 Å². The fourth-order valence-electron chi connectivity index (χ4n) is 5.76. The summed E-state index contributed by atoms with van der Waals surface area (Å²) in [6.45, 7) is 1.01. The highest BCUT2D eigenvalue weighted by Crippen LogP contribution is 2.43. The van der Waals surface area contributed by atoms with Crippen LogP contribution < -0.4 is 10.9 Å². The van der Waals surface area contributed by atoms with Gasteiger partial charge in [-0.1, -0.05) is 12.8 Å². The average Bonchev–Trinajstić information content (AvgIpc) is 3.29. The Kier molecular flexibility index (Phi) is 5.53. The van der Waals surface area contributed by atoms with Gasteiger partial charge in [-0.05, 0) is 76.5 Å². The van der Waals surface area contributed by atoms with Gasteiger partial charge in [0.05, 0.1) is 0 Å². The maximum absolute atomic E-state index is 13.0. The van der Waals surface area contributed by atoms with Crippen LogP contribution in [0.1, 0.15) is 56.6 Å². The third kappa shape index (κ3) is 3.94. The van der Waals surface area contributed by atoms with Crippen molar-refractivity contribution in [2.24, 2.45) is 0 Å². The van der Waals surface area contributed by atoms with Gasteiger partial charge in [-0.15, -0.1) is 0 Å². The molecular weight excluding hydrogens is 450 g/mol. The number of rotatable bonds is 7. The SMILES string of the molecule is CN(C)C1(CCn2ccc3cc(Nc4ncc5cc(C#N)c(=O)n(C6CCCC6)c5n4)ccc32)CC1. The van der Waals surface area contributed by atoms with Crippen LogP contribution in [-0.4, -0.2) is 43.6 Å². The molecule has 0 saturated heterocycles. The molecule has 2 fully saturated rings. The molecule has 0 amide bonds. The number of fused-ring (bicyclic) bond motifs is 2. The van der Waals surface area contributed by atoms with Crippen molar-refractivity contribution in [1.29, 1.82) is 5.26 Å². The number of nitrogens with zero attached hydrogens (tertiary/aromatic N) is 6. The first-order valence-corrected chi connectivity index (χ1v) is 12.8. The zero-order chi connectivity index (χ0) is 24.9. The molecule has 0 aliphatic heterocycles. The summed E-state index contributed by atoms with van der Waals surface area (Å²) in [6.07, 6.45) is 11.6. The van der Waals surface area contributed by atoms with E-state index >= 15 is 0 Å². The van der Waals surface area contributed by atoms with Crippen LogP contribution in [-0.2, 0) is 6.54 Å². The predicted octanol–water partition coefficient (Wildman–Crippen LogP) is 4.96. The highest BCUT2D eigenvalue weighted by molar-refractivity contribution is 5.85. The summed E-state index contributed by atoms with van der Waals surface area (Å²) < 4.78 is 4.06. The Morgan fingerprint density at radius 2 is 1.97 bits per heavy atom. The first kappa shape index (κ1) is 22.7. The predicted molar refractivity (Wildman–Crippen MR) is 142 cm³/mol. The van der Waals surface area contributed by atoms with Crippen LogP contribution in [0.3, 0.4) is 0 Å². The summed E-state index contributed by atoms with van der Waals surface area (Å²) in [5, 5.41) is 14.7. The molecule has 184 valence electrons. The summed E-state index contributed by atoms with van der Waals surface area (Å²) in [5.74, 6) is 0.443. The molecule has 4 aromatic rings. The maximum atomic E-state index is 13.0. The van der Waals surface area contributed by atoms with Crippen molar-refractivity contribution in [3.8, 4) is 6.07 Å². The van der Waals surface area contributed by atoms with Crippen LogP contribution in [0.15, 0.2) is 47.5 Å². The van der Waals surface area contributed by atoms with Gasteiger partial charge in [0, 0.05) is 52.5 Å². The van der Waals surface area contributed by atoms with Crippen LogP contribution in [0.5, 0.6) is 0 Å². The number of hydrogen-bond acceptors (Lipinski definition) is 6. The third-order valence-electron chi connectivity index (χ3n) is 8.20. The Morgan fingerprint density at radius 1 is 1.17 bits per heavy atom. The van der Waals surface area contributed by atoms with E-state index in [9.17, 15) is 10.1 Å². The molecule has 36 heavy (non-hydrogen) atoms. The lowest BCUT2D eigenvalue weighted by Gasteiger charge is -2.24. The monoisotopic (exact) mass is 481 g/mol. The number of hydrogen-bond donors (Lipinski definition) is 1. The van der Waals surface area contributed by atoms with Crippen LogP contribution in [0.2, 0.25) is 0 Å². The van der Waals surface area contributed by atoms with Gasteiger partial charge >= 0.3 is 0 Å². The molecular formula is C28H31N7O. The van der Waals surface area contributed by atoms with E-state index in [4.69, 9.17) is 4.98 Å². The third-order valence-corrected chi connectivity index (χ3v) is 8.20.